The second kappa shape index (κ2) is 32.8. The second-order valence-corrected chi connectivity index (χ2v) is 15.5. The molecule has 1 rings (SSSR count). The lowest BCUT2D eigenvalue weighted by molar-refractivity contribution is -0.163. The molecule has 0 aromatic heterocycles. The monoisotopic (exact) mass is 715 g/mol. The third-order valence-corrected chi connectivity index (χ3v) is 10.6. The first-order valence-electron chi connectivity index (χ1n) is 21.4. The van der Waals surface area contributed by atoms with E-state index < -0.39 is 36.6 Å². The lowest BCUT2D eigenvalue weighted by atomic mass is 9.99. The van der Waals surface area contributed by atoms with E-state index in [0.717, 1.165) is 25.7 Å². The molecule has 1 aliphatic rings. The summed E-state index contributed by atoms with van der Waals surface area (Å²) in [6, 6.07) is 0. The van der Waals surface area contributed by atoms with Crippen LogP contribution in [0.2, 0.25) is 0 Å². The molecule has 6 atom stereocenters. The third-order valence-electron chi connectivity index (χ3n) is 10.6. The maximum Gasteiger partial charge on any atom is 0.306 e. The summed E-state index contributed by atoms with van der Waals surface area (Å²) in [6.07, 6.45) is 27.1. The standard InChI is InChI=1S/C42H82O8/c1-4-6-8-10-12-14-16-17-18-19-20-22-24-26-28-30-37(43)50-36(34-49-42-40(46)38(44)39(45)41(42)47)33-48-32-31-35(3)29-27-25-23-21-15-13-11-9-7-5-2/h35-36,38-42,44-47H,4-34H2,1-3H3/t35?,36-,38+,39+,40-,41-/m0/s1. The molecule has 0 bridgehead atoms. The van der Waals surface area contributed by atoms with Crippen molar-refractivity contribution in [2.75, 3.05) is 19.8 Å². The topological polar surface area (TPSA) is 126 Å². The van der Waals surface area contributed by atoms with Gasteiger partial charge in [-0.3, -0.25) is 4.79 Å². The predicted octanol–water partition coefficient (Wildman–Crippen LogP) is 9.36. The molecule has 0 amide bonds. The Morgan fingerprint density at radius 1 is 0.520 bits per heavy atom. The average molecular weight is 715 g/mol. The summed E-state index contributed by atoms with van der Waals surface area (Å²) in [7, 11) is 0. The molecule has 0 radical (unpaired) electrons. The van der Waals surface area contributed by atoms with E-state index >= 15 is 0 Å². The van der Waals surface area contributed by atoms with Gasteiger partial charge >= 0.3 is 5.97 Å². The van der Waals surface area contributed by atoms with Crippen LogP contribution in [0.25, 0.3) is 0 Å². The molecule has 0 aromatic carbocycles. The molecule has 4 N–H and O–H groups in total. The van der Waals surface area contributed by atoms with Gasteiger partial charge in [-0.25, -0.2) is 0 Å². The van der Waals surface area contributed by atoms with Gasteiger partial charge in [-0.15, -0.1) is 0 Å². The predicted molar refractivity (Wildman–Crippen MR) is 204 cm³/mol. The normalized spacial score (nSPS) is 20.8. The van der Waals surface area contributed by atoms with Crippen LogP contribution in [0.4, 0.5) is 0 Å². The fraction of sp³-hybridized carbons (Fsp3) is 0.976. The Hall–Kier alpha value is -0.770. The van der Waals surface area contributed by atoms with E-state index in [1.165, 1.54) is 148 Å². The Morgan fingerprint density at radius 3 is 1.36 bits per heavy atom. The number of hydrogen-bond donors (Lipinski definition) is 4. The lowest BCUT2D eigenvalue weighted by Crippen LogP contribution is -2.39. The summed E-state index contributed by atoms with van der Waals surface area (Å²) in [6.45, 7) is 7.39. The number of ether oxygens (including phenoxy) is 3. The fourth-order valence-corrected chi connectivity index (χ4v) is 7.04. The van der Waals surface area contributed by atoms with Crippen LogP contribution in [-0.4, -0.2) is 82.8 Å². The lowest BCUT2D eigenvalue weighted by Gasteiger charge is -2.24. The Bertz CT molecular complexity index is 737. The Balaban J connectivity index is 2.25. The molecular weight excluding hydrogens is 632 g/mol. The first-order chi connectivity index (χ1) is 24.3. The van der Waals surface area contributed by atoms with Crippen molar-refractivity contribution in [3.05, 3.63) is 0 Å². The molecule has 0 aliphatic heterocycles. The van der Waals surface area contributed by atoms with Crippen molar-refractivity contribution in [1.29, 1.82) is 0 Å². The van der Waals surface area contributed by atoms with E-state index in [4.69, 9.17) is 14.2 Å². The SMILES string of the molecule is CCCCCCCCCCCCCCCCCC(=O)O[C@@H](COCCC(C)CCCCCCCCCCCC)COC1[C@@H](O)[C@H](O)[C@@H](O)[C@@H]1O. The summed E-state index contributed by atoms with van der Waals surface area (Å²) in [5.74, 6) is 0.247. The number of unbranched alkanes of at least 4 members (excludes halogenated alkanes) is 23. The van der Waals surface area contributed by atoms with Crippen molar-refractivity contribution in [2.45, 2.75) is 237 Å². The van der Waals surface area contributed by atoms with Gasteiger partial charge in [0.25, 0.3) is 0 Å². The largest absolute Gasteiger partial charge is 0.457 e. The van der Waals surface area contributed by atoms with Crippen LogP contribution in [0.3, 0.4) is 0 Å². The van der Waals surface area contributed by atoms with Crippen molar-refractivity contribution in [3.63, 3.8) is 0 Å². The highest BCUT2D eigenvalue weighted by Crippen LogP contribution is 2.25. The summed E-state index contributed by atoms with van der Waals surface area (Å²) < 4.78 is 17.3. The van der Waals surface area contributed by atoms with E-state index in [2.05, 4.69) is 20.8 Å². The molecule has 1 unspecified atom stereocenters. The Kier molecular flexibility index (Phi) is 31.0. The van der Waals surface area contributed by atoms with Crippen molar-refractivity contribution >= 4 is 5.97 Å². The molecule has 1 fully saturated rings. The van der Waals surface area contributed by atoms with Crippen LogP contribution in [0.5, 0.6) is 0 Å². The van der Waals surface area contributed by atoms with Gasteiger partial charge in [0.1, 0.15) is 36.6 Å². The molecule has 0 aromatic rings. The van der Waals surface area contributed by atoms with E-state index in [-0.39, 0.29) is 19.2 Å². The average Bonchev–Trinajstić information content (AvgIpc) is 3.29. The van der Waals surface area contributed by atoms with Gasteiger partial charge in [-0.1, -0.05) is 181 Å². The zero-order valence-corrected chi connectivity index (χ0v) is 32.9. The molecule has 50 heavy (non-hydrogen) atoms. The van der Waals surface area contributed by atoms with Crippen LogP contribution >= 0.6 is 0 Å². The van der Waals surface area contributed by atoms with Gasteiger partial charge in [0.15, 0.2) is 0 Å². The van der Waals surface area contributed by atoms with Crippen LogP contribution < -0.4 is 0 Å². The number of rotatable bonds is 36. The summed E-state index contributed by atoms with van der Waals surface area (Å²) in [5.41, 5.74) is 0. The third kappa shape index (κ3) is 24.5. The number of esters is 1. The van der Waals surface area contributed by atoms with Crippen LogP contribution in [0.1, 0.15) is 201 Å². The van der Waals surface area contributed by atoms with Crippen molar-refractivity contribution in [2.24, 2.45) is 5.92 Å². The molecule has 298 valence electrons. The first kappa shape index (κ1) is 47.3. The number of aliphatic hydroxyl groups excluding tert-OH is 4. The van der Waals surface area contributed by atoms with Crippen molar-refractivity contribution in [3.8, 4) is 0 Å². The minimum Gasteiger partial charge on any atom is -0.457 e. The van der Waals surface area contributed by atoms with Gasteiger partial charge in [0.05, 0.1) is 13.2 Å². The summed E-state index contributed by atoms with van der Waals surface area (Å²) in [5, 5.41) is 40.2. The number of hydrogen-bond acceptors (Lipinski definition) is 8. The highest BCUT2D eigenvalue weighted by atomic mass is 16.6. The van der Waals surface area contributed by atoms with E-state index in [1.807, 2.05) is 0 Å². The summed E-state index contributed by atoms with van der Waals surface area (Å²) >= 11 is 0. The van der Waals surface area contributed by atoms with E-state index in [1.54, 1.807) is 0 Å². The fourth-order valence-electron chi connectivity index (χ4n) is 7.04. The van der Waals surface area contributed by atoms with Gasteiger partial charge in [0, 0.05) is 13.0 Å². The minimum absolute atomic E-state index is 0.100. The zero-order valence-electron chi connectivity index (χ0n) is 32.9. The molecule has 8 heteroatoms. The first-order valence-corrected chi connectivity index (χ1v) is 21.4. The molecule has 1 aliphatic carbocycles. The smallest absolute Gasteiger partial charge is 0.306 e. The second-order valence-electron chi connectivity index (χ2n) is 15.5. The molecular formula is C42H82O8. The minimum atomic E-state index is -1.49. The van der Waals surface area contributed by atoms with Crippen molar-refractivity contribution < 1.29 is 39.4 Å². The van der Waals surface area contributed by atoms with Crippen LogP contribution in [-0.2, 0) is 19.0 Å². The number of carbonyl (C=O) groups is 1. The zero-order chi connectivity index (χ0) is 36.7. The Morgan fingerprint density at radius 2 is 0.920 bits per heavy atom. The molecule has 0 saturated heterocycles. The van der Waals surface area contributed by atoms with Gasteiger partial charge in [-0.2, -0.15) is 0 Å². The molecule has 1 saturated carbocycles. The quantitative estimate of drug-likeness (QED) is 0.0374. The van der Waals surface area contributed by atoms with E-state index in [9.17, 15) is 25.2 Å². The maximum atomic E-state index is 12.7. The number of aliphatic hydroxyl groups is 4. The van der Waals surface area contributed by atoms with Crippen molar-refractivity contribution in [1.82, 2.24) is 0 Å². The van der Waals surface area contributed by atoms with Gasteiger partial charge in [-0.05, 0) is 18.8 Å². The van der Waals surface area contributed by atoms with Crippen LogP contribution in [0.15, 0.2) is 0 Å². The van der Waals surface area contributed by atoms with E-state index in [0.29, 0.717) is 18.9 Å². The molecule has 0 spiro atoms. The highest BCUT2D eigenvalue weighted by molar-refractivity contribution is 5.69. The maximum absolute atomic E-state index is 12.7. The van der Waals surface area contributed by atoms with Gasteiger partial charge in [0.2, 0.25) is 0 Å². The molecule has 0 heterocycles. The highest BCUT2D eigenvalue weighted by Gasteiger charge is 2.49. The molecule has 8 nitrogen and oxygen atoms in total. The van der Waals surface area contributed by atoms with Gasteiger partial charge < -0.3 is 34.6 Å². The summed E-state index contributed by atoms with van der Waals surface area (Å²) in [4.78, 5) is 12.7. The Labute approximate surface area is 307 Å². The number of carbonyl (C=O) groups excluding carboxylic acids is 1. The van der Waals surface area contributed by atoms with Crippen LogP contribution in [0, 0.1) is 5.92 Å².